The molecule has 1 atom stereocenters. The van der Waals surface area contributed by atoms with E-state index < -0.39 is 5.97 Å². The van der Waals surface area contributed by atoms with Crippen molar-refractivity contribution in [2.75, 3.05) is 6.54 Å². The van der Waals surface area contributed by atoms with Gasteiger partial charge in [0.1, 0.15) is 0 Å². The van der Waals surface area contributed by atoms with Gasteiger partial charge in [-0.15, -0.1) is 10.2 Å². The smallest absolute Gasteiger partial charge is 0.315 e. The number of amides is 2. The van der Waals surface area contributed by atoms with Gasteiger partial charge in [0.25, 0.3) is 0 Å². The third-order valence-electron chi connectivity index (χ3n) is 2.62. The van der Waals surface area contributed by atoms with E-state index in [0.717, 1.165) is 6.42 Å². The Hall–Kier alpha value is -2.19. The number of nitrogens with zero attached hydrogens (tertiary/aromatic N) is 3. The van der Waals surface area contributed by atoms with E-state index in [-0.39, 0.29) is 24.9 Å². The Bertz CT molecular complexity index is 420. The van der Waals surface area contributed by atoms with Crippen LogP contribution in [0.15, 0.2) is 0 Å². The van der Waals surface area contributed by atoms with Gasteiger partial charge >= 0.3 is 12.0 Å². The first-order chi connectivity index (χ1) is 9.47. The Morgan fingerprint density at radius 1 is 1.35 bits per heavy atom. The molecule has 112 valence electrons. The molecular weight excluding hydrogens is 264 g/mol. The summed E-state index contributed by atoms with van der Waals surface area (Å²) >= 11 is 0. The van der Waals surface area contributed by atoms with E-state index in [1.54, 1.807) is 0 Å². The summed E-state index contributed by atoms with van der Waals surface area (Å²) in [6.07, 6.45) is 0.792. The van der Waals surface area contributed by atoms with Crippen LogP contribution in [0.4, 0.5) is 4.79 Å². The maximum atomic E-state index is 11.6. The quantitative estimate of drug-likeness (QED) is 0.536. The molecule has 0 saturated heterocycles. The average molecular weight is 284 g/mol. The number of carboxylic acids is 1. The predicted molar refractivity (Wildman–Crippen MR) is 69.6 cm³/mol. The SMILES string of the molecule is CC(C)CC(CNC(=O)NCc1nn[nH]n1)CC(=O)O. The summed E-state index contributed by atoms with van der Waals surface area (Å²) in [6.45, 7) is 4.52. The molecule has 0 bridgehead atoms. The van der Waals surface area contributed by atoms with Crippen molar-refractivity contribution in [2.45, 2.75) is 33.2 Å². The van der Waals surface area contributed by atoms with Crippen LogP contribution in [-0.4, -0.2) is 44.3 Å². The Morgan fingerprint density at radius 2 is 2.10 bits per heavy atom. The fourth-order valence-corrected chi connectivity index (χ4v) is 1.87. The van der Waals surface area contributed by atoms with Crippen LogP contribution in [0.2, 0.25) is 0 Å². The summed E-state index contributed by atoms with van der Waals surface area (Å²) in [5.41, 5.74) is 0. The van der Waals surface area contributed by atoms with E-state index in [9.17, 15) is 9.59 Å². The van der Waals surface area contributed by atoms with E-state index >= 15 is 0 Å². The van der Waals surface area contributed by atoms with Gasteiger partial charge in [0, 0.05) is 13.0 Å². The molecule has 1 rings (SSSR count). The zero-order chi connectivity index (χ0) is 15.0. The summed E-state index contributed by atoms with van der Waals surface area (Å²) in [5, 5.41) is 27.1. The van der Waals surface area contributed by atoms with Crippen LogP contribution in [0.25, 0.3) is 0 Å². The number of H-pyrrole nitrogens is 1. The van der Waals surface area contributed by atoms with Gasteiger partial charge in [-0.1, -0.05) is 19.1 Å². The van der Waals surface area contributed by atoms with Crippen LogP contribution in [-0.2, 0) is 11.3 Å². The topological polar surface area (TPSA) is 133 Å². The molecule has 20 heavy (non-hydrogen) atoms. The van der Waals surface area contributed by atoms with E-state index in [1.807, 2.05) is 13.8 Å². The predicted octanol–water partition coefficient (Wildman–Crippen LogP) is 0.136. The molecular formula is C11H20N6O3. The molecule has 1 unspecified atom stereocenters. The van der Waals surface area contributed by atoms with Crippen molar-refractivity contribution in [2.24, 2.45) is 11.8 Å². The number of urea groups is 1. The lowest BCUT2D eigenvalue weighted by Crippen LogP contribution is -2.38. The summed E-state index contributed by atoms with van der Waals surface area (Å²) in [4.78, 5) is 22.3. The number of rotatable bonds is 8. The van der Waals surface area contributed by atoms with Crippen molar-refractivity contribution >= 4 is 12.0 Å². The maximum absolute atomic E-state index is 11.6. The Morgan fingerprint density at radius 3 is 2.65 bits per heavy atom. The first-order valence-electron chi connectivity index (χ1n) is 6.43. The molecule has 0 aliphatic carbocycles. The van der Waals surface area contributed by atoms with Gasteiger partial charge in [-0.2, -0.15) is 5.21 Å². The molecule has 9 nitrogen and oxygen atoms in total. The van der Waals surface area contributed by atoms with Crippen LogP contribution in [0.1, 0.15) is 32.5 Å². The van der Waals surface area contributed by atoms with Gasteiger partial charge in [0.05, 0.1) is 6.54 Å². The van der Waals surface area contributed by atoms with Crippen LogP contribution >= 0.6 is 0 Å². The molecule has 0 aromatic carbocycles. The largest absolute Gasteiger partial charge is 0.481 e. The van der Waals surface area contributed by atoms with Crippen LogP contribution in [0, 0.1) is 11.8 Å². The van der Waals surface area contributed by atoms with E-state index in [4.69, 9.17) is 5.11 Å². The Balaban J connectivity index is 2.30. The molecule has 0 aliphatic heterocycles. The average Bonchev–Trinajstić information content (AvgIpc) is 2.85. The van der Waals surface area contributed by atoms with Crippen molar-refractivity contribution < 1.29 is 14.7 Å². The number of carbonyl (C=O) groups excluding carboxylic acids is 1. The summed E-state index contributed by atoms with van der Waals surface area (Å²) in [7, 11) is 0. The van der Waals surface area contributed by atoms with Crippen molar-refractivity contribution in [3.05, 3.63) is 5.82 Å². The molecule has 4 N–H and O–H groups in total. The van der Waals surface area contributed by atoms with Crippen molar-refractivity contribution in [1.82, 2.24) is 31.3 Å². The maximum Gasteiger partial charge on any atom is 0.315 e. The summed E-state index contributed by atoms with van der Waals surface area (Å²) in [5.74, 6) is -0.180. The van der Waals surface area contributed by atoms with Crippen LogP contribution < -0.4 is 10.6 Å². The second-order valence-electron chi connectivity index (χ2n) is 4.99. The minimum atomic E-state index is -0.857. The number of aromatic amines is 1. The highest BCUT2D eigenvalue weighted by Gasteiger charge is 2.16. The van der Waals surface area contributed by atoms with Crippen LogP contribution in [0.3, 0.4) is 0 Å². The first kappa shape index (κ1) is 15.9. The number of carbonyl (C=O) groups is 2. The summed E-state index contributed by atoms with van der Waals surface area (Å²) in [6, 6.07) is -0.381. The molecule has 1 aromatic rings. The molecule has 1 aromatic heterocycles. The van der Waals surface area contributed by atoms with Gasteiger partial charge in [0.15, 0.2) is 5.82 Å². The molecule has 9 heteroatoms. The normalized spacial score (nSPS) is 12.2. The second-order valence-corrected chi connectivity index (χ2v) is 4.99. The van der Waals surface area contributed by atoms with Crippen molar-refractivity contribution in [3.63, 3.8) is 0 Å². The van der Waals surface area contributed by atoms with Gasteiger partial charge in [-0.3, -0.25) is 4.79 Å². The number of hydrogen-bond donors (Lipinski definition) is 4. The number of nitrogens with one attached hydrogen (secondary N) is 3. The highest BCUT2D eigenvalue weighted by atomic mass is 16.4. The highest BCUT2D eigenvalue weighted by Crippen LogP contribution is 2.14. The lowest BCUT2D eigenvalue weighted by molar-refractivity contribution is -0.138. The molecule has 0 saturated carbocycles. The highest BCUT2D eigenvalue weighted by molar-refractivity contribution is 5.73. The van der Waals surface area contributed by atoms with Crippen LogP contribution in [0.5, 0.6) is 0 Å². The lowest BCUT2D eigenvalue weighted by Gasteiger charge is -2.17. The number of carboxylic acid groups (broad SMARTS) is 1. The van der Waals surface area contributed by atoms with Crippen molar-refractivity contribution in [3.8, 4) is 0 Å². The van der Waals surface area contributed by atoms with Gasteiger partial charge in [-0.25, -0.2) is 4.79 Å². The molecule has 0 aliphatic rings. The molecule has 2 amide bonds. The zero-order valence-corrected chi connectivity index (χ0v) is 11.6. The number of aliphatic carboxylic acids is 1. The van der Waals surface area contributed by atoms with Gasteiger partial charge < -0.3 is 15.7 Å². The van der Waals surface area contributed by atoms with Gasteiger partial charge in [0.2, 0.25) is 0 Å². The molecule has 0 radical (unpaired) electrons. The van der Waals surface area contributed by atoms with Gasteiger partial charge in [-0.05, 0) is 18.3 Å². The number of hydrogen-bond acceptors (Lipinski definition) is 5. The number of aromatic nitrogens is 4. The number of tetrazole rings is 1. The van der Waals surface area contributed by atoms with E-state index in [0.29, 0.717) is 18.3 Å². The molecule has 0 spiro atoms. The van der Waals surface area contributed by atoms with E-state index in [2.05, 4.69) is 31.3 Å². The monoisotopic (exact) mass is 284 g/mol. The summed E-state index contributed by atoms with van der Waals surface area (Å²) < 4.78 is 0. The zero-order valence-electron chi connectivity index (χ0n) is 11.6. The lowest BCUT2D eigenvalue weighted by atomic mass is 9.94. The first-order valence-corrected chi connectivity index (χ1v) is 6.43. The Labute approximate surface area is 116 Å². The van der Waals surface area contributed by atoms with Crippen molar-refractivity contribution in [1.29, 1.82) is 0 Å². The fraction of sp³-hybridized carbons (Fsp3) is 0.727. The minimum absolute atomic E-state index is 0.0449. The standard InChI is InChI=1S/C11H20N6O3/c1-7(2)3-8(4-10(18)19)5-12-11(20)13-6-9-14-16-17-15-9/h7-8H,3-6H2,1-2H3,(H,18,19)(H2,12,13,20)(H,14,15,16,17). The fourth-order valence-electron chi connectivity index (χ4n) is 1.87. The minimum Gasteiger partial charge on any atom is -0.481 e. The second kappa shape index (κ2) is 8.08. The Kier molecular flexibility index (Phi) is 6.41. The third kappa shape index (κ3) is 6.66. The molecule has 1 heterocycles. The van der Waals surface area contributed by atoms with E-state index in [1.165, 1.54) is 0 Å². The molecule has 0 fully saturated rings. The third-order valence-corrected chi connectivity index (χ3v) is 2.62.